The second kappa shape index (κ2) is 9.94. The Kier molecular flexibility index (Phi) is 8.20. The van der Waals surface area contributed by atoms with E-state index in [0.29, 0.717) is 12.1 Å². The molecule has 0 spiro atoms. The van der Waals surface area contributed by atoms with Crippen molar-refractivity contribution in [3.63, 3.8) is 0 Å². The number of allylic oxidation sites excluding steroid dienone is 1. The van der Waals surface area contributed by atoms with Gasteiger partial charge < -0.3 is 15.3 Å². The van der Waals surface area contributed by atoms with Crippen molar-refractivity contribution in [3.8, 4) is 5.75 Å². The van der Waals surface area contributed by atoms with Crippen LogP contribution in [0.2, 0.25) is 0 Å². The van der Waals surface area contributed by atoms with Gasteiger partial charge in [-0.1, -0.05) is 30.9 Å². The van der Waals surface area contributed by atoms with E-state index in [1.165, 1.54) is 12.1 Å². The average Bonchev–Trinajstić information content (AvgIpc) is 2.62. The normalized spacial score (nSPS) is 12.9. The van der Waals surface area contributed by atoms with Crippen molar-refractivity contribution in [1.29, 1.82) is 0 Å². The van der Waals surface area contributed by atoms with Gasteiger partial charge in [-0.2, -0.15) is 18.6 Å². The zero-order valence-electron chi connectivity index (χ0n) is 15.0. The van der Waals surface area contributed by atoms with Crippen LogP contribution in [0.1, 0.15) is 6.92 Å². The summed E-state index contributed by atoms with van der Waals surface area (Å²) in [7, 11) is -5.10. The van der Waals surface area contributed by atoms with Gasteiger partial charge in [0, 0.05) is 18.0 Å². The summed E-state index contributed by atoms with van der Waals surface area (Å²) in [5.41, 5.74) is -2.35. The maximum atomic E-state index is 12.2. The molecule has 155 valence electrons. The molecule has 0 amide bonds. The van der Waals surface area contributed by atoms with Crippen molar-refractivity contribution in [2.75, 3.05) is 0 Å². The number of azo groups is 1. The second-order valence-corrected chi connectivity index (χ2v) is 6.77. The van der Waals surface area contributed by atoms with E-state index >= 15 is 0 Å². The van der Waals surface area contributed by atoms with Crippen molar-refractivity contribution < 1.29 is 50.6 Å². The predicted octanol–water partition coefficient (Wildman–Crippen LogP) is 0.679. The van der Waals surface area contributed by atoms with Crippen molar-refractivity contribution >= 4 is 33.1 Å². The van der Waals surface area contributed by atoms with Gasteiger partial charge in [0.2, 0.25) is 0 Å². The Labute approximate surface area is 180 Å². The molecular formula is C16H11CrN4O8S. The molecule has 0 saturated heterocycles. The number of nitro benzene ring substituents is 1. The van der Waals surface area contributed by atoms with Gasteiger partial charge in [0.05, 0.1) is 26.9 Å². The van der Waals surface area contributed by atoms with Gasteiger partial charge in [-0.25, -0.2) is 0 Å². The summed E-state index contributed by atoms with van der Waals surface area (Å²) in [6, 6.07) is 8.72. The zero-order valence-corrected chi connectivity index (χ0v) is 17.0. The molecule has 0 fully saturated rings. The number of hydrogen-bond acceptors (Lipinski definition) is 10. The third-order valence-electron chi connectivity index (χ3n) is 3.29. The van der Waals surface area contributed by atoms with Crippen LogP contribution in [-0.2, 0) is 27.5 Å². The SMILES string of the molecule is CC([O-])=C(N=Nc1cc([N+](=O)[O-])cc(S(=O)(=O)O)c1[O-])C([O-])=Nc1ccccc1.[Cr+3]. The number of nitro groups is 1. The van der Waals surface area contributed by atoms with Crippen LogP contribution in [0.5, 0.6) is 5.75 Å². The molecule has 12 nitrogen and oxygen atoms in total. The number of para-hydroxylation sites is 1. The van der Waals surface area contributed by atoms with Crippen molar-refractivity contribution in [3.05, 3.63) is 64.0 Å². The summed E-state index contributed by atoms with van der Waals surface area (Å²) < 4.78 is 31.6. The first-order valence-corrected chi connectivity index (χ1v) is 9.02. The molecule has 0 atom stereocenters. The van der Waals surface area contributed by atoms with Gasteiger partial charge in [-0.05, 0) is 12.1 Å². The Balaban J connectivity index is 0.00000450. The summed E-state index contributed by atoms with van der Waals surface area (Å²) in [6.07, 6.45) is 0. The van der Waals surface area contributed by atoms with Crippen LogP contribution in [-0.4, -0.2) is 23.8 Å². The summed E-state index contributed by atoms with van der Waals surface area (Å²) in [5, 5.41) is 53.5. The smallest absolute Gasteiger partial charge is 0.874 e. The maximum Gasteiger partial charge on any atom is 3.00 e. The first kappa shape index (κ1) is 24.7. The molecular weight excluding hydrogens is 460 g/mol. The van der Waals surface area contributed by atoms with Crippen LogP contribution >= 0.6 is 0 Å². The molecule has 0 heterocycles. The summed E-state index contributed by atoms with van der Waals surface area (Å²) in [5.74, 6) is -3.37. The van der Waals surface area contributed by atoms with E-state index < -0.39 is 54.4 Å². The van der Waals surface area contributed by atoms with Crippen molar-refractivity contribution in [2.24, 2.45) is 15.2 Å². The van der Waals surface area contributed by atoms with Crippen molar-refractivity contribution in [1.82, 2.24) is 0 Å². The first-order chi connectivity index (χ1) is 13.5. The monoisotopic (exact) mass is 471 g/mol. The molecule has 0 saturated carbocycles. The Bertz CT molecular complexity index is 1140. The molecule has 0 aromatic heterocycles. The molecule has 2 aromatic carbocycles. The number of aliphatic imine (C=N–C) groups is 1. The molecule has 2 aromatic rings. The van der Waals surface area contributed by atoms with Crippen LogP contribution in [0.25, 0.3) is 0 Å². The van der Waals surface area contributed by atoms with Crippen LogP contribution in [0, 0.1) is 10.1 Å². The van der Waals surface area contributed by atoms with Gasteiger partial charge in [0.25, 0.3) is 15.8 Å². The van der Waals surface area contributed by atoms with Crippen LogP contribution in [0.3, 0.4) is 0 Å². The Morgan fingerprint density at radius 2 is 1.73 bits per heavy atom. The second-order valence-electron chi connectivity index (χ2n) is 5.38. The Morgan fingerprint density at radius 1 is 1.13 bits per heavy atom. The molecule has 0 bridgehead atoms. The molecule has 2 rings (SSSR count). The quantitative estimate of drug-likeness (QED) is 0.120. The van der Waals surface area contributed by atoms with Gasteiger partial charge in [0.15, 0.2) is 0 Å². The fraction of sp³-hybridized carbons (Fsp3) is 0.0625. The minimum Gasteiger partial charge on any atom is -0.874 e. The summed E-state index contributed by atoms with van der Waals surface area (Å²) in [6.45, 7) is 0.974. The minimum absolute atomic E-state index is 0. The summed E-state index contributed by atoms with van der Waals surface area (Å²) >= 11 is 0. The Morgan fingerprint density at radius 3 is 2.23 bits per heavy atom. The molecule has 0 aliphatic heterocycles. The van der Waals surface area contributed by atoms with Crippen molar-refractivity contribution in [2.45, 2.75) is 11.8 Å². The van der Waals surface area contributed by atoms with Gasteiger partial charge in [0.1, 0.15) is 0 Å². The molecule has 0 aliphatic carbocycles. The molecule has 0 aliphatic rings. The largest absolute Gasteiger partial charge is 3.00 e. The van der Waals surface area contributed by atoms with E-state index in [1.807, 2.05) is 0 Å². The van der Waals surface area contributed by atoms with E-state index in [9.17, 15) is 33.9 Å². The fourth-order valence-corrected chi connectivity index (χ4v) is 2.59. The third-order valence-corrected chi connectivity index (χ3v) is 4.15. The van der Waals surface area contributed by atoms with Gasteiger partial charge >= 0.3 is 17.4 Å². The van der Waals surface area contributed by atoms with E-state index in [1.54, 1.807) is 18.2 Å². The molecule has 1 N–H and O–H groups in total. The minimum atomic E-state index is -5.10. The van der Waals surface area contributed by atoms with Crippen LogP contribution < -0.4 is 15.3 Å². The average molecular weight is 471 g/mol. The van der Waals surface area contributed by atoms with E-state index in [-0.39, 0.29) is 23.0 Å². The number of rotatable bonds is 6. The number of non-ortho nitro benzene ring substituents is 1. The van der Waals surface area contributed by atoms with E-state index in [0.717, 1.165) is 6.92 Å². The first-order valence-electron chi connectivity index (χ1n) is 7.58. The van der Waals surface area contributed by atoms with Crippen LogP contribution in [0.4, 0.5) is 17.1 Å². The molecule has 14 heteroatoms. The molecule has 1 radical (unpaired) electrons. The van der Waals surface area contributed by atoms with E-state index in [2.05, 4.69) is 15.2 Å². The zero-order chi connectivity index (χ0) is 21.8. The predicted molar refractivity (Wildman–Crippen MR) is 93.1 cm³/mol. The van der Waals surface area contributed by atoms with E-state index in [4.69, 9.17) is 4.55 Å². The Hall–Kier alpha value is -3.31. The van der Waals surface area contributed by atoms with Crippen LogP contribution in [0.15, 0.2) is 74.0 Å². The number of nitrogens with zero attached hydrogens (tertiary/aromatic N) is 4. The fourth-order valence-electron chi connectivity index (χ4n) is 1.99. The van der Waals surface area contributed by atoms with Gasteiger partial charge in [-0.15, -0.1) is 5.76 Å². The maximum absolute atomic E-state index is 12.2. The van der Waals surface area contributed by atoms with Gasteiger partial charge in [-0.3, -0.25) is 19.7 Å². The topological polar surface area (TPSA) is 204 Å². The summed E-state index contributed by atoms with van der Waals surface area (Å²) in [4.78, 5) is 12.2. The molecule has 0 unspecified atom stereocenters. The number of hydrogen-bond donors (Lipinski definition) is 1. The standard InChI is InChI=1S/C16H14N4O8S.Cr/c1-9(21)14(16(23)17-10-5-3-2-4-6-10)19-18-12-7-11(20(24)25)8-13(15(12)22)29(26,27)28;/h2-8,21-22H,1H3,(H,17,23)(H,26,27,28);/q;+3/p-3. The molecule has 30 heavy (non-hydrogen) atoms. The number of benzene rings is 2. The third kappa shape index (κ3) is 6.09.